The normalized spacial score (nSPS) is 13.5. The Morgan fingerprint density at radius 3 is 2.43 bits per heavy atom. The number of rotatable bonds is 5. The van der Waals surface area contributed by atoms with E-state index in [9.17, 15) is 0 Å². The van der Waals surface area contributed by atoms with E-state index in [1.54, 1.807) is 0 Å². The Morgan fingerprint density at radius 2 is 1.93 bits per heavy atom. The van der Waals surface area contributed by atoms with Gasteiger partial charge in [0.15, 0.2) is 0 Å². The van der Waals surface area contributed by atoms with Crippen molar-refractivity contribution < 1.29 is 0 Å². The van der Waals surface area contributed by atoms with Gasteiger partial charge >= 0.3 is 0 Å². The monoisotopic (exact) mass is 213 g/mol. The lowest BCUT2D eigenvalue weighted by atomic mass is 9.93. The molecule has 0 aliphatic rings. The van der Waals surface area contributed by atoms with Gasteiger partial charge in [0.25, 0.3) is 0 Å². The van der Waals surface area contributed by atoms with Gasteiger partial charge in [0.05, 0.1) is 10.6 Å². The zero-order chi connectivity index (χ0) is 10.6. The van der Waals surface area contributed by atoms with Gasteiger partial charge in [-0.15, -0.1) is 5.10 Å². The van der Waals surface area contributed by atoms with Crippen LogP contribution in [-0.2, 0) is 6.42 Å². The highest BCUT2D eigenvalue weighted by atomic mass is 32.1. The molecule has 0 amide bonds. The van der Waals surface area contributed by atoms with E-state index >= 15 is 0 Å². The first-order chi connectivity index (χ1) is 6.74. The van der Waals surface area contributed by atoms with Crippen LogP contribution in [0.15, 0.2) is 0 Å². The fourth-order valence-corrected chi connectivity index (χ4v) is 2.56. The summed E-state index contributed by atoms with van der Waals surface area (Å²) in [5, 5.41) is 4.10. The minimum Gasteiger partial charge on any atom is -0.323 e. The van der Waals surface area contributed by atoms with E-state index in [4.69, 9.17) is 5.73 Å². The smallest absolute Gasteiger partial charge is 0.0801 e. The van der Waals surface area contributed by atoms with Crippen LogP contribution in [0.2, 0.25) is 0 Å². The first-order valence-electron chi connectivity index (χ1n) is 5.31. The average molecular weight is 213 g/mol. The van der Waals surface area contributed by atoms with E-state index in [1.165, 1.54) is 16.4 Å². The van der Waals surface area contributed by atoms with Crippen LogP contribution >= 0.6 is 11.5 Å². The number of hydrogen-bond acceptors (Lipinski definition) is 4. The quantitative estimate of drug-likeness (QED) is 0.817. The molecule has 0 bridgehead atoms. The maximum absolute atomic E-state index is 6.21. The van der Waals surface area contributed by atoms with Gasteiger partial charge in [-0.3, -0.25) is 0 Å². The summed E-state index contributed by atoms with van der Waals surface area (Å²) in [5.41, 5.74) is 7.29. The first-order valence-corrected chi connectivity index (χ1v) is 6.08. The molecule has 1 aromatic rings. The van der Waals surface area contributed by atoms with E-state index in [-0.39, 0.29) is 6.04 Å². The lowest BCUT2D eigenvalue weighted by molar-refractivity contribution is 0.408. The summed E-state index contributed by atoms with van der Waals surface area (Å²) in [5.74, 6) is 0.558. The molecule has 1 rings (SSSR count). The summed E-state index contributed by atoms with van der Waals surface area (Å²) in [7, 11) is 0. The van der Waals surface area contributed by atoms with E-state index in [1.807, 2.05) is 0 Å². The molecule has 1 atom stereocenters. The molecule has 0 fully saturated rings. The molecule has 0 aliphatic heterocycles. The molecule has 2 N–H and O–H groups in total. The molecule has 0 radical (unpaired) electrons. The number of nitrogens with zero attached hydrogens (tertiary/aromatic N) is 2. The van der Waals surface area contributed by atoms with Gasteiger partial charge < -0.3 is 5.73 Å². The summed E-state index contributed by atoms with van der Waals surface area (Å²) >= 11 is 1.46. The molecule has 0 aromatic carbocycles. The van der Waals surface area contributed by atoms with Gasteiger partial charge in [-0.05, 0) is 23.9 Å². The highest BCUT2D eigenvalue weighted by Gasteiger charge is 2.21. The summed E-state index contributed by atoms with van der Waals surface area (Å²) < 4.78 is 3.98. The SMILES string of the molecule is CCc1nnsc1C(N)C(CC)CC. The van der Waals surface area contributed by atoms with E-state index < -0.39 is 0 Å². The second kappa shape index (κ2) is 5.41. The summed E-state index contributed by atoms with van der Waals surface area (Å²) in [6, 6.07) is 0.125. The van der Waals surface area contributed by atoms with Crippen molar-refractivity contribution in [1.82, 2.24) is 9.59 Å². The predicted molar refractivity (Wildman–Crippen MR) is 60.3 cm³/mol. The Hall–Kier alpha value is -0.480. The minimum absolute atomic E-state index is 0.125. The topological polar surface area (TPSA) is 51.8 Å². The molecule has 0 saturated carbocycles. The molecule has 14 heavy (non-hydrogen) atoms. The van der Waals surface area contributed by atoms with Crippen LogP contribution in [0.25, 0.3) is 0 Å². The largest absolute Gasteiger partial charge is 0.323 e. The highest BCUT2D eigenvalue weighted by molar-refractivity contribution is 7.05. The molecular formula is C10H19N3S. The maximum Gasteiger partial charge on any atom is 0.0801 e. The zero-order valence-corrected chi connectivity index (χ0v) is 9.97. The van der Waals surface area contributed by atoms with Gasteiger partial charge in [0.2, 0.25) is 0 Å². The molecule has 4 heteroatoms. The molecule has 0 saturated heterocycles. The third-order valence-electron chi connectivity index (χ3n) is 2.78. The van der Waals surface area contributed by atoms with Gasteiger partial charge in [-0.2, -0.15) is 0 Å². The molecule has 0 spiro atoms. The van der Waals surface area contributed by atoms with Gasteiger partial charge in [0.1, 0.15) is 0 Å². The van der Waals surface area contributed by atoms with E-state index in [2.05, 4.69) is 30.4 Å². The molecule has 1 heterocycles. The summed E-state index contributed by atoms with van der Waals surface area (Å²) in [6.45, 7) is 6.47. The molecule has 0 aliphatic carbocycles. The molecule has 3 nitrogen and oxygen atoms in total. The van der Waals surface area contributed by atoms with Crippen LogP contribution in [-0.4, -0.2) is 9.59 Å². The molecule has 1 aromatic heterocycles. The van der Waals surface area contributed by atoms with Crippen molar-refractivity contribution >= 4 is 11.5 Å². The Kier molecular flexibility index (Phi) is 4.48. The van der Waals surface area contributed by atoms with Crippen molar-refractivity contribution in [3.8, 4) is 0 Å². The predicted octanol–water partition coefficient (Wildman–Crippen LogP) is 2.54. The van der Waals surface area contributed by atoms with Crippen molar-refractivity contribution in [2.45, 2.75) is 46.1 Å². The van der Waals surface area contributed by atoms with Crippen molar-refractivity contribution in [2.75, 3.05) is 0 Å². The van der Waals surface area contributed by atoms with Crippen LogP contribution in [0.3, 0.4) is 0 Å². The zero-order valence-electron chi connectivity index (χ0n) is 9.16. The Bertz CT molecular complexity index is 268. The Labute approximate surface area is 89.9 Å². The van der Waals surface area contributed by atoms with E-state index in [0.29, 0.717) is 5.92 Å². The van der Waals surface area contributed by atoms with Gasteiger partial charge in [-0.1, -0.05) is 38.1 Å². The summed E-state index contributed by atoms with van der Waals surface area (Å²) in [6.07, 6.45) is 3.18. The third-order valence-corrected chi connectivity index (χ3v) is 3.65. The molecule has 1 unspecified atom stereocenters. The second-order valence-electron chi connectivity index (χ2n) is 3.54. The number of aromatic nitrogens is 2. The maximum atomic E-state index is 6.21. The fourth-order valence-electron chi connectivity index (χ4n) is 1.72. The lowest BCUT2D eigenvalue weighted by Crippen LogP contribution is -2.20. The first kappa shape index (κ1) is 11.6. The highest BCUT2D eigenvalue weighted by Crippen LogP contribution is 2.29. The lowest BCUT2D eigenvalue weighted by Gasteiger charge is -2.19. The van der Waals surface area contributed by atoms with Crippen molar-refractivity contribution in [2.24, 2.45) is 11.7 Å². The van der Waals surface area contributed by atoms with Gasteiger partial charge in [0, 0.05) is 6.04 Å². The number of hydrogen-bond donors (Lipinski definition) is 1. The third kappa shape index (κ3) is 2.30. The minimum atomic E-state index is 0.125. The number of aryl methyl sites for hydroxylation is 1. The summed E-state index contributed by atoms with van der Waals surface area (Å²) in [4.78, 5) is 1.18. The van der Waals surface area contributed by atoms with Crippen LogP contribution in [0.5, 0.6) is 0 Å². The Morgan fingerprint density at radius 1 is 1.29 bits per heavy atom. The van der Waals surface area contributed by atoms with Crippen LogP contribution < -0.4 is 5.73 Å². The van der Waals surface area contributed by atoms with Crippen LogP contribution in [0, 0.1) is 5.92 Å². The standard InChI is InChI=1S/C10H19N3S/c1-4-7(5-2)9(11)10-8(6-3)12-13-14-10/h7,9H,4-6,11H2,1-3H3. The van der Waals surface area contributed by atoms with Crippen molar-refractivity contribution in [1.29, 1.82) is 0 Å². The van der Waals surface area contributed by atoms with Gasteiger partial charge in [-0.25, -0.2) is 0 Å². The van der Waals surface area contributed by atoms with Crippen LogP contribution in [0.4, 0.5) is 0 Å². The van der Waals surface area contributed by atoms with Crippen LogP contribution in [0.1, 0.15) is 50.2 Å². The average Bonchev–Trinajstić information content (AvgIpc) is 2.67. The van der Waals surface area contributed by atoms with Crippen molar-refractivity contribution in [3.63, 3.8) is 0 Å². The Balaban J connectivity index is 2.81. The molecule has 80 valence electrons. The van der Waals surface area contributed by atoms with E-state index in [0.717, 1.165) is 25.0 Å². The fraction of sp³-hybridized carbons (Fsp3) is 0.800. The van der Waals surface area contributed by atoms with Crippen molar-refractivity contribution in [3.05, 3.63) is 10.6 Å². The molecular weight excluding hydrogens is 194 g/mol. The number of nitrogens with two attached hydrogens (primary N) is 1. The second-order valence-corrected chi connectivity index (χ2v) is 4.33.